The van der Waals surface area contributed by atoms with Crippen LogP contribution in [0.1, 0.15) is 52.6 Å². The molecule has 0 bridgehead atoms. The molecule has 6 rings (SSSR count). The molecule has 1 saturated heterocycles. The van der Waals surface area contributed by atoms with E-state index >= 15 is 0 Å². The van der Waals surface area contributed by atoms with E-state index in [-0.39, 0.29) is 44.4 Å². The normalized spacial score (nSPS) is 16.0. The summed E-state index contributed by atoms with van der Waals surface area (Å²) in [6.45, 7) is 4.48. The van der Waals surface area contributed by atoms with E-state index in [4.69, 9.17) is 25.8 Å². The van der Waals surface area contributed by atoms with Crippen molar-refractivity contribution in [3.05, 3.63) is 97.7 Å². The van der Waals surface area contributed by atoms with E-state index in [2.05, 4.69) is 39.3 Å². The molecule has 1 N–H and O–H groups in total. The molecule has 4 aromatic rings. The van der Waals surface area contributed by atoms with Crippen molar-refractivity contribution in [2.45, 2.75) is 57.6 Å². The molecule has 0 saturated carbocycles. The Morgan fingerprint density at radius 1 is 1.11 bits per heavy atom. The Morgan fingerprint density at radius 3 is 2.62 bits per heavy atom. The fourth-order valence-corrected chi connectivity index (χ4v) is 8.18. The third kappa shape index (κ3) is 7.40. The molecule has 1 atom stereocenters. The number of rotatable bonds is 10. The quantitative estimate of drug-likeness (QED) is 0.161. The Morgan fingerprint density at radius 2 is 1.85 bits per heavy atom. The van der Waals surface area contributed by atoms with Crippen LogP contribution in [0, 0.1) is 0 Å². The first-order valence-electron chi connectivity index (χ1n) is 15.6. The van der Waals surface area contributed by atoms with Gasteiger partial charge in [0.2, 0.25) is 0 Å². The number of hydrogen-bond donors (Lipinski definition) is 1. The minimum absolute atomic E-state index is 0.0350. The van der Waals surface area contributed by atoms with E-state index in [0.717, 1.165) is 33.5 Å². The molecular weight excluding hydrogens is 685 g/mol. The predicted molar refractivity (Wildman–Crippen MR) is 180 cm³/mol. The van der Waals surface area contributed by atoms with Crippen LogP contribution in [0.15, 0.2) is 65.6 Å². The first-order chi connectivity index (χ1) is 22.8. The molecule has 12 heteroatoms. The second-order valence-electron chi connectivity index (χ2n) is 11.9. The molecule has 10 nitrogen and oxygen atoms in total. The van der Waals surface area contributed by atoms with Gasteiger partial charge in [-0.2, -0.15) is 0 Å². The van der Waals surface area contributed by atoms with Crippen LogP contribution >= 0.6 is 11.6 Å². The predicted octanol–water partition coefficient (Wildman–Crippen LogP) is 5.83. The Kier molecular flexibility index (Phi) is 10.3. The summed E-state index contributed by atoms with van der Waals surface area (Å²) in [5.41, 5.74) is 4.93. The first kappa shape index (κ1) is 33.2. The fourth-order valence-electron chi connectivity index (χ4n) is 6.07. The molecule has 1 fully saturated rings. The molecule has 47 heavy (non-hydrogen) atoms. The molecule has 246 valence electrons. The number of carbonyl (C=O) groups excluding carboxylic acids is 2. The Labute approximate surface area is 285 Å². The molecule has 2 amide bonds. The summed E-state index contributed by atoms with van der Waals surface area (Å²) in [6, 6.07) is 20.0. The van der Waals surface area contributed by atoms with Gasteiger partial charge in [-0.15, -0.1) is 0 Å². The summed E-state index contributed by atoms with van der Waals surface area (Å²) < 4.78 is 18.0. The standard InChI is InChI=1S/C35H38ClN5O5Se/c1-23(37-31-28-19-41(20-29(28)38-33(36)39-31)32(42)35(44-3)13-15-45-16-14-35)30-17-26(22-47-30)27-12-8-7-11-25(27)18-40(2)34(43)46-21-24-9-5-4-6-10-24/h4-12,17,22-23H,13-16,18-21H2,1-3H3,(H,37,38,39)/t23-/m1/s1. The molecule has 0 radical (unpaired) electrons. The monoisotopic (exact) mass is 723 g/mol. The van der Waals surface area contributed by atoms with Gasteiger partial charge in [0, 0.05) is 0 Å². The van der Waals surface area contributed by atoms with E-state index in [1.807, 2.05) is 48.5 Å². The summed E-state index contributed by atoms with van der Waals surface area (Å²) in [5, 5.41) is 3.71. The number of aromatic nitrogens is 2. The number of anilines is 1. The van der Waals surface area contributed by atoms with Gasteiger partial charge in [0.05, 0.1) is 0 Å². The average molecular weight is 723 g/mol. The summed E-state index contributed by atoms with van der Waals surface area (Å²) in [6.07, 6.45) is 0.670. The molecule has 4 heterocycles. The number of hydrogen-bond acceptors (Lipinski definition) is 8. The molecule has 2 aromatic carbocycles. The van der Waals surface area contributed by atoms with E-state index in [1.165, 1.54) is 4.44 Å². The molecule has 0 unspecified atom stereocenters. The minimum atomic E-state index is -0.884. The maximum atomic E-state index is 13.6. The first-order valence-corrected chi connectivity index (χ1v) is 17.8. The number of ether oxygens (including phenoxy) is 3. The van der Waals surface area contributed by atoms with Crippen molar-refractivity contribution in [1.82, 2.24) is 19.8 Å². The van der Waals surface area contributed by atoms with Crippen LogP contribution in [-0.4, -0.2) is 79.2 Å². The van der Waals surface area contributed by atoms with Gasteiger partial charge in [-0.05, 0) is 0 Å². The van der Waals surface area contributed by atoms with Crippen molar-refractivity contribution in [1.29, 1.82) is 0 Å². The number of amides is 2. The second-order valence-corrected chi connectivity index (χ2v) is 14.2. The van der Waals surface area contributed by atoms with Crippen molar-refractivity contribution in [3.63, 3.8) is 0 Å². The zero-order chi connectivity index (χ0) is 33.0. The maximum absolute atomic E-state index is 13.6. The van der Waals surface area contributed by atoms with Gasteiger partial charge in [0.25, 0.3) is 0 Å². The number of nitrogens with one attached hydrogen (secondary N) is 1. The van der Waals surface area contributed by atoms with Crippen LogP contribution in [0.25, 0.3) is 11.1 Å². The molecule has 2 aliphatic heterocycles. The Hall–Kier alpha value is -3.73. The summed E-state index contributed by atoms with van der Waals surface area (Å²) in [5.74, 6) is 0.586. The van der Waals surface area contributed by atoms with E-state index in [9.17, 15) is 9.59 Å². The third-order valence-electron chi connectivity index (χ3n) is 8.78. The van der Waals surface area contributed by atoms with Crippen LogP contribution in [0.3, 0.4) is 0 Å². The van der Waals surface area contributed by atoms with Gasteiger partial charge >= 0.3 is 281 Å². The average Bonchev–Trinajstić information content (AvgIpc) is 3.76. The van der Waals surface area contributed by atoms with E-state index in [0.29, 0.717) is 51.5 Å². The number of carbonyl (C=O) groups is 2. The van der Waals surface area contributed by atoms with Crippen LogP contribution in [0.4, 0.5) is 10.6 Å². The van der Waals surface area contributed by atoms with Crippen molar-refractivity contribution >= 4 is 43.9 Å². The van der Waals surface area contributed by atoms with Crippen LogP contribution in [-0.2, 0) is 45.2 Å². The van der Waals surface area contributed by atoms with Gasteiger partial charge in [-0.25, -0.2) is 0 Å². The molecule has 0 aliphatic carbocycles. The zero-order valence-electron chi connectivity index (χ0n) is 26.7. The fraction of sp³-hybridized carbons (Fsp3) is 0.371. The number of halogens is 1. The number of benzene rings is 2. The summed E-state index contributed by atoms with van der Waals surface area (Å²) in [4.78, 5) is 41.1. The third-order valence-corrected chi connectivity index (χ3v) is 11.3. The van der Waals surface area contributed by atoms with Crippen molar-refractivity contribution in [2.75, 3.05) is 32.7 Å². The van der Waals surface area contributed by atoms with E-state index in [1.54, 1.807) is 24.0 Å². The van der Waals surface area contributed by atoms with Crippen molar-refractivity contribution in [3.8, 4) is 11.1 Å². The Balaban J connectivity index is 1.13. The van der Waals surface area contributed by atoms with Crippen LogP contribution in [0.2, 0.25) is 5.28 Å². The summed E-state index contributed by atoms with van der Waals surface area (Å²) >= 11 is 6.48. The van der Waals surface area contributed by atoms with Gasteiger partial charge in [-0.1, -0.05) is 6.07 Å². The molecular formula is C35H38ClN5O5Se. The van der Waals surface area contributed by atoms with Crippen LogP contribution < -0.4 is 5.32 Å². The van der Waals surface area contributed by atoms with Gasteiger partial charge < -0.3 is 0 Å². The second kappa shape index (κ2) is 14.6. The topological polar surface area (TPSA) is 106 Å². The Bertz CT molecular complexity index is 1730. The van der Waals surface area contributed by atoms with Crippen molar-refractivity contribution < 1.29 is 23.8 Å². The SMILES string of the molecule is COC1(C(=O)N2Cc3nc(Cl)nc(N[C@H](C)c4cc(-c5ccccc5CN(C)C(=O)OCc5ccccc5)c[se]4)c3C2)CCOCC1. The van der Waals surface area contributed by atoms with E-state index < -0.39 is 5.60 Å². The van der Waals surface area contributed by atoms with Gasteiger partial charge in [0.15, 0.2) is 0 Å². The number of nitrogens with zero attached hydrogens (tertiary/aromatic N) is 4. The zero-order valence-corrected chi connectivity index (χ0v) is 29.2. The number of fused-ring (bicyclic) bond motifs is 1. The molecule has 2 aliphatic rings. The van der Waals surface area contributed by atoms with Crippen molar-refractivity contribution in [2.24, 2.45) is 0 Å². The van der Waals surface area contributed by atoms with Gasteiger partial charge in [-0.3, -0.25) is 0 Å². The molecule has 2 aromatic heterocycles. The van der Waals surface area contributed by atoms with Gasteiger partial charge in [0.1, 0.15) is 0 Å². The summed E-state index contributed by atoms with van der Waals surface area (Å²) in [7, 11) is 3.35. The molecule has 0 spiro atoms. The number of methoxy groups -OCH3 is 1. The van der Waals surface area contributed by atoms with Crippen LogP contribution in [0.5, 0.6) is 0 Å².